The zero-order valence-corrected chi connectivity index (χ0v) is 13.8. The predicted molar refractivity (Wildman–Crippen MR) is 97.3 cm³/mol. The second-order valence-electron chi connectivity index (χ2n) is 5.69. The van der Waals surface area contributed by atoms with Crippen molar-refractivity contribution in [2.24, 2.45) is 0 Å². The Morgan fingerprint density at radius 2 is 1.89 bits per heavy atom. The van der Waals surface area contributed by atoms with Crippen molar-refractivity contribution in [2.45, 2.75) is 0 Å². The third kappa shape index (κ3) is 3.33. The summed E-state index contributed by atoms with van der Waals surface area (Å²) in [4.78, 5) is 22.6. The third-order valence-electron chi connectivity index (χ3n) is 3.92. The zero-order valence-electron chi connectivity index (χ0n) is 13.8. The molecule has 0 radical (unpaired) electrons. The van der Waals surface area contributed by atoms with Crippen molar-refractivity contribution < 1.29 is 9.72 Å². The van der Waals surface area contributed by atoms with E-state index in [1.807, 2.05) is 24.3 Å². The Bertz CT molecular complexity index is 1150. The number of aromatic nitrogens is 4. The number of carbonyl (C=O) groups is 1. The van der Waals surface area contributed by atoms with E-state index in [2.05, 4.69) is 20.6 Å². The topological polar surface area (TPSA) is 115 Å². The Labute approximate surface area is 152 Å². The average Bonchev–Trinajstić information content (AvgIpc) is 3.16. The molecule has 27 heavy (non-hydrogen) atoms. The number of nitrogens with one attached hydrogen (secondary N) is 1. The van der Waals surface area contributed by atoms with Gasteiger partial charge in [0.25, 0.3) is 11.6 Å². The van der Waals surface area contributed by atoms with Gasteiger partial charge in [0, 0.05) is 28.9 Å². The summed E-state index contributed by atoms with van der Waals surface area (Å²) >= 11 is 0. The minimum absolute atomic E-state index is 0.131. The molecule has 2 aromatic carbocycles. The first kappa shape index (κ1) is 16.3. The molecular formula is C18H12N6O3. The highest BCUT2D eigenvalue weighted by Crippen LogP contribution is 2.20. The van der Waals surface area contributed by atoms with E-state index in [1.54, 1.807) is 16.6 Å². The van der Waals surface area contributed by atoms with Gasteiger partial charge in [0.05, 0.1) is 10.6 Å². The van der Waals surface area contributed by atoms with E-state index < -0.39 is 10.8 Å². The molecule has 0 bridgehead atoms. The first-order valence-corrected chi connectivity index (χ1v) is 7.93. The van der Waals surface area contributed by atoms with E-state index in [0.717, 1.165) is 11.3 Å². The number of carbonyl (C=O) groups excluding carboxylic acids is 1. The first-order valence-electron chi connectivity index (χ1n) is 7.93. The molecule has 0 atom stereocenters. The molecule has 4 rings (SSSR count). The lowest BCUT2D eigenvalue weighted by Crippen LogP contribution is -2.12. The summed E-state index contributed by atoms with van der Waals surface area (Å²) in [6.07, 6.45) is 1.52. The van der Waals surface area contributed by atoms with E-state index in [-0.39, 0.29) is 11.3 Å². The Morgan fingerprint density at radius 3 is 2.67 bits per heavy atom. The van der Waals surface area contributed by atoms with Gasteiger partial charge in [0.1, 0.15) is 6.33 Å². The number of hydrogen-bond acceptors (Lipinski definition) is 6. The average molecular weight is 360 g/mol. The van der Waals surface area contributed by atoms with Crippen molar-refractivity contribution in [2.75, 3.05) is 5.32 Å². The fourth-order valence-electron chi connectivity index (χ4n) is 2.57. The minimum Gasteiger partial charge on any atom is -0.322 e. The predicted octanol–water partition coefficient (Wildman–Crippen LogP) is 2.95. The minimum atomic E-state index is -0.537. The van der Waals surface area contributed by atoms with Crippen LogP contribution in [0.2, 0.25) is 0 Å². The van der Waals surface area contributed by atoms with Gasteiger partial charge < -0.3 is 5.32 Å². The standard InChI is InChI=1S/C18H12N6O3/c25-18(13-2-1-3-15(10-13)24(26)27)20-14-6-4-12(5-7-14)16-8-9-17-21-19-11-23(17)22-16/h1-11H,(H,20,25). The highest BCUT2D eigenvalue weighted by molar-refractivity contribution is 6.04. The monoisotopic (exact) mass is 360 g/mol. The fourth-order valence-corrected chi connectivity index (χ4v) is 2.57. The summed E-state index contributed by atoms with van der Waals surface area (Å²) in [7, 11) is 0. The van der Waals surface area contributed by atoms with E-state index >= 15 is 0 Å². The van der Waals surface area contributed by atoms with Gasteiger partial charge in [-0.2, -0.15) is 9.61 Å². The van der Waals surface area contributed by atoms with Gasteiger partial charge >= 0.3 is 0 Å². The number of hydrogen-bond donors (Lipinski definition) is 1. The van der Waals surface area contributed by atoms with Crippen molar-refractivity contribution >= 4 is 22.9 Å². The van der Waals surface area contributed by atoms with E-state index in [1.165, 1.54) is 30.6 Å². The van der Waals surface area contributed by atoms with Crippen LogP contribution in [0.1, 0.15) is 10.4 Å². The van der Waals surface area contributed by atoms with Crippen LogP contribution >= 0.6 is 0 Å². The van der Waals surface area contributed by atoms with Crippen LogP contribution in [-0.2, 0) is 0 Å². The number of anilines is 1. The van der Waals surface area contributed by atoms with Crippen LogP contribution in [0, 0.1) is 10.1 Å². The number of nitrogens with zero attached hydrogens (tertiary/aromatic N) is 5. The van der Waals surface area contributed by atoms with Gasteiger partial charge in [0.15, 0.2) is 5.65 Å². The van der Waals surface area contributed by atoms with Crippen molar-refractivity contribution in [3.8, 4) is 11.3 Å². The maximum atomic E-state index is 12.3. The molecule has 0 aliphatic rings. The molecule has 0 spiro atoms. The van der Waals surface area contributed by atoms with E-state index in [9.17, 15) is 14.9 Å². The number of benzene rings is 2. The van der Waals surface area contributed by atoms with Gasteiger partial charge in [-0.15, -0.1) is 10.2 Å². The Morgan fingerprint density at radius 1 is 1.07 bits per heavy atom. The molecular weight excluding hydrogens is 348 g/mol. The Hall–Kier alpha value is -4.14. The molecule has 0 unspecified atom stereocenters. The maximum absolute atomic E-state index is 12.3. The molecule has 132 valence electrons. The van der Waals surface area contributed by atoms with Gasteiger partial charge in [-0.3, -0.25) is 14.9 Å². The van der Waals surface area contributed by atoms with Crippen LogP contribution in [0.4, 0.5) is 11.4 Å². The molecule has 2 heterocycles. The molecule has 0 fully saturated rings. The normalized spacial score (nSPS) is 10.7. The lowest BCUT2D eigenvalue weighted by Gasteiger charge is -2.07. The van der Waals surface area contributed by atoms with Gasteiger partial charge in [-0.25, -0.2) is 0 Å². The summed E-state index contributed by atoms with van der Waals surface area (Å²) in [5, 5.41) is 25.7. The van der Waals surface area contributed by atoms with Crippen LogP contribution in [0.5, 0.6) is 0 Å². The van der Waals surface area contributed by atoms with Gasteiger partial charge in [-0.05, 0) is 30.3 Å². The van der Waals surface area contributed by atoms with Crippen molar-refractivity contribution in [3.05, 3.63) is 82.7 Å². The number of fused-ring (bicyclic) bond motifs is 1. The van der Waals surface area contributed by atoms with E-state index in [0.29, 0.717) is 11.3 Å². The number of non-ortho nitro benzene ring substituents is 1. The lowest BCUT2D eigenvalue weighted by atomic mass is 10.1. The maximum Gasteiger partial charge on any atom is 0.270 e. The SMILES string of the molecule is O=C(Nc1ccc(-c2ccc3nncn3n2)cc1)c1cccc([N+](=O)[O-])c1. The van der Waals surface area contributed by atoms with Crippen LogP contribution in [0.25, 0.3) is 16.9 Å². The van der Waals surface area contributed by atoms with Crippen molar-refractivity contribution in [3.63, 3.8) is 0 Å². The van der Waals surface area contributed by atoms with E-state index in [4.69, 9.17) is 0 Å². The quantitative estimate of drug-likeness (QED) is 0.442. The van der Waals surface area contributed by atoms with Crippen LogP contribution < -0.4 is 5.32 Å². The lowest BCUT2D eigenvalue weighted by molar-refractivity contribution is -0.384. The van der Waals surface area contributed by atoms with Crippen molar-refractivity contribution in [1.82, 2.24) is 19.8 Å². The molecule has 0 aliphatic heterocycles. The van der Waals surface area contributed by atoms with Crippen LogP contribution in [0.3, 0.4) is 0 Å². The summed E-state index contributed by atoms with van der Waals surface area (Å²) in [5.74, 6) is -0.421. The number of nitro benzene ring substituents is 1. The third-order valence-corrected chi connectivity index (χ3v) is 3.92. The molecule has 4 aromatic rings. The molecule has 1 amide bonds. The number of nitro groups is 1. The Kier molecular flexibility index (Phi) is 4.01. The summed E-state index contributed by atoms with van der Waals surface area (Å²) in [5.41, 5.74) is 2.90. The fraction of sp³-hybridized carbons (Fsp3) is 0. The second kappa shape index (κ2) is 6.64. The summed E-state index contributed by atoms with van der Waals surface area (Å²) < 4.78 is 1.58. The summed E-state index contributed by atoms with van der Waals surface area (Å²) in [6, 6.07) is 16.3. The van der Waals surface area contributed by atoms with Gasteiger partial charge in [-0.1, -0.05) is 18.2 Å². The molecule has 0 aliphatic carbocycles. The highest BCUT2D eigenvalue weighted by atomic mass is 16.6. The largest absolute Gasteiger partial charge is 0.322 e. The van der Waals surface area contributed by atoms with Crippen LogP contribution in [-0.4, -0.2) is 30.6 Å². The number of rotatable bonds is 4. The highest BCUT2D eigenvalue weighted by Gasteiger charge is 2.12. The first-order chi connectivity index (χ1) is 13.1. The Balaban J connectivity index is 1.53. The number of amides is 1. The van der Waals surface area contributed by atoms with Crippen LogP contribution in [0.15, 0.2) is 67.0 Å². The smallest absolute Gasteiger partial charge is 0.270 e. The second-order valence-corrected chi connectivity index (χ2v) is 5.69. The molecule has 9 heteroatoms. The zero-order chi connectivity index (χ0) is 18.8. The molecule has 2 aromatic heterocycles. The molecule has 9 nitrogen and oxygen atoms in total. The van der Waals surface area contributed by atoms with Crippen molar-refractivity contribution in [1.29, 1.82) is 0 Å². The molecule has 1 N–H and O–H groups in total. The molecule has 0 saturated carbocycles. The summed E-state index contributed by atoms with van der Waals surface area (Å²) in [6.45, 7) is 0. The van der Waals surface area contributed by atoms with Gasteiger partial charge in [0.2, 0.25) is 0 Å². The molecule has 0 saturated heterocycles.